The van der Waals surface area contributed by atoms with Crippen LogP contribution in [-0.4, -0.2) is 15.9 Å². The topological polar surface area (TPSA) is 66.9 Å². The van der Waals surface area contributed by atoms with Gasteiger partial charge in [0.15, 0.2) is 0 Å². The van der Waals surface area contributed by atoms with E-state index < -0.39 is 17.8 Å². The van der Waals surface area contributed by atoms with E-state index >= 15 is 0 Å². The molecule has 0 aliphatic heterocycles. The second-order valence-electron chi connectivity index (χ2n) is 8.13. The Bertz CT molecular complexity index is 1310. The number of hydrogen-bond donors (Lipinski definition) is 2. The lowest BCUT2D eigenvalue weighted by Crippen LogP contribution is -2.18. The molecular formula is C26H23F3N4OS. The normalized spacial score (nSPS) is 12.3. The van der Waals surface area contributed by atoms with Gasteiger partial charge in [0, 0.05) is 27.4 Å². The molecule has 5 nitrogen and oxygen atoms in total. The van der Waals surface area contributed by atoms with Crippen molar-refractivity contribution in [3.63, 3.8) is 0 Å². The third kappa shape index (κ3) is 5.86. The Hall–Kier alpha value is -3.72. The van der Waals surface area contributed by atoms with E-state index in [0.717, 1.165) is 28.4 Å². The van der Waals surface area contributed by atoms with E-state index in [1.165, 1.54) is 23.5 Å². The summed E-state index contributed by atoms with van der Waals surface area (Å²) in [6.45, 7) is 5.59. The number of aromatic nitrogens is 2. The Morgan fingerprint density at radius 2 is 1.54 bits per heavy atom. The zero-order valence-electron chi connectivity index (χ0n) is 19.3. The van der Waals surface area contributed by atoms with Gasteiger partial charge in [0.25, 0.3) is 5.91 Å². The number of hydrogen-bond acceptors (Lipinski definition) is 5. The van der Waals surface area contributed by atoms with Gasteiger partial charge in [-0.1, -0.05) is 30.3 Å². The summed E-state index contributed by atoms with van der Waals surface area (Å²) in [5.41, 5.74) is 2.56. The fourth-order valence-electron chi connectivity index (χ4n) is 3.74. The highest BCUT2D eigenvalue weighted by molar-refractivity contribution is 7.16. The Balaban J connectivity index is 1.75. The molecule has 0 aliphatic rings. The molecule has 0 saturated carbocycles. The average molecular weight is 497 g/mol. The standard InChI is InChI=1S/C26H23F3N4OS/c1-15-13-16(2)31-25(30-15)32-22(18-9-11-20(12-10-18)26(27,28)29)21-14-17(3)35-24(21)33-23(34)19-7-5-4-6-8-19/h4-14,22H,1-3H3,(H,33,34)(H,30,31,32)/t22-/m1/s1. The van der Waals surface area contributed by atoms with Crippen LogP contribution in [0.1, 0.15) is 49.4 Å². The lowest BCUT2D eigenvalue weighted by atomic mass is 9.98. The molecular weight excluding hydrogens is 473 g/mol. The van der Waals surface area contributed by atoms with E-state index in [9.17, 15) is 18.0 Å². The summed E-state index contributed by atoms with van der Waals surface area (Å²) in [6.07, 6.45) is -4.44. The van der Waals surface area contributed by atoms with Crippen LogP contribution < -0.4 is 10.6 Å². The van der Waals surface area contributed by atoms with Gasteiger partial charge in [-0.2, -0.15) is 13.2 Å². The van der Waals surface area contributed by atoms with Crippen molar-refractivity contribution in [1.82, 2.24) is 9.97 Å². The maximum absolute atomic E-state index is 13.2. The first-order valence-corrected chi connectivity index (χ1v) is 11.6. The number of carbonyl (C=O) groups is 1. The fraction of sp³-hybridized carbons (Fsp3) is 0.192. The smallest absolute Gasteiger partial charge is 0.343 e. The van der Waals surface area contributed by atoms with Crippen molar-refractivity contribution in [2.75, 3.05) is 10.6 Å². The molecule has 1 amide bonds. The second kappa shape index (κ2) is 9.87. The molecule has 0 spiro atoms. The molecule has 0 saturated heterocycles. The molecule has 9 heteroatoms. The minimum absolute atomic E-state index is 0.275. The molecule has 2 N–H and O–H groups in total. The van der Waals surface area contributed by atoms with E-state index in [2.05, 4.69) is 20.6 Å². The van der Waals surface area contributed by atoms with E-state index in [4.69, 9.17) is 0 Å². The molecule has 1 atom stereocenters. The van der Waals surface area contributed by atoms with Gasteiger partial charge >= 0.3 is 6.18 Å². The van der Waals surface area contributed by atoms with Crippen LogP contribution in [0.4, 0.5) is 24.1 Å². The van der Waals surface area contributed by atoms with Gasteiger partial charge in [-0.15, -0.1) is 11.3 Å². The van der Waals surface area contributed by atoms with Crippen molar-refractivity contribution < 1.29 is 18.0 Å². The molecule has 4 rings (SSSR count). The number of amides is 1. The lowest BCUT2D eigenvalue weighted by Gasteiger charge is -2.21. The Morgan fingerprint density at radius 1 is 0.914 bits per heavy atom. The first-order valence-electron chi connectivity index (χ1n) is 10.8. The van der Waals surface area contributed by atoms with Crippen molar-refractivity contribution in [2.24, 2.45) is 0 Å². The third-order valence-electron chi connectivity index (χ3n) is 5.29. The van der Waals surface area contributed by atoms with Crippen LogP contribution in [0.3, 0.4) is 0 Å². The van der Waals surface area contributed by atoms with Gasteiger partial charge in [0.05, 0.1) is 11.6 Å². The SMILES string of the molecule is Cc1cc(C)nc(N[C@H](c2ccc(C(F)(F)F)cc2)c2cc(C)sc2NC(=O)c2ccccc2)n1. The van der Waals surface area contributed by atoms with E-state index in [-0.39, 0.29) is 5.91 Å². The van der Waals surface area contributed by atoms with Crippen LogP contribution in [0.25, 0.3) is 0 Å². The second-order valence-corrected chi connectivity index (χ2v) is 9.39. The monoisotopic (exact) mass is 496 g/mol. The largest absolute Gasteiger partial charge is 0.416 e. The van der Waals surface area contributed by atoms with E-state index in [0.29, 0.717) is 27.6 Å². The molecule has 180 valence electrons. The van der Waals surface area contributed by atoms with Crippen LogP contribution in [0.15, 0.2) is 66.7 Å². The predicted molar refractivity (Wildman–Crippen MR) is 132 cm³/mol. The molecule has 35 heavy (non-hydrogen) atoms. The number of aryl methyl sites for hydroxylation is 3. The van der Waals surface area contributed by atoms with Crippen LogP contribution in [0, 0.1) is 20.8 Å². The molecule has 2 aromatic carbocycles. The zero-order valence-corrected chi connectivity index (χ0v) is 20.1. The summed E-state index contributed by atoms with van der Waals surface area (Å²) < 4.78 is 39.5. The van der Waals surface area contributed by atoms with Gasteiger partial charge in [0.2, 0.25) is 5.95 Å². The van der Waals surface area contributed by atoms with E-state index in [1.807, 2.05) is 39.0 Å². The highest BCUT2D eigenvalue weighted by Gasteiger charge is 2.31. The lowest BCUT2D eigenvalue weighted by molar-refractivity contribution is -0.137. The summed E-state index contributed by atoms with van der Waals surface area (Å²) >= 11 is 1.39. The number of rotatable bonds is 6. The number of benzene rings is 2. The first kappa shape index (κ1) is 24.4. The summed E-state index contributed by atoms with van der Waals surface area (Å²) in [7, 11) is 0. The maximum Gasteiger partial charge on any atom is 0.416 e. The number of anilines is 2. The van der Waals surface area contributed by atoms with E-state index in [1.54, 1.807) is 24.3 Å². The summed E-state index contributed by atoms with van der Waals surface area (Å²) in [6, 6.07) is 16.9. The van der Waals surface area contributed by atoms with Gasteiger partial charge in [-0.3, -0.25) is 4.79 Å². The number of nitrogens with one attached hydrogen (secondary N) is 2. The minimum atomic E-state index is -4.44. The van der Waals surface area contributed by atoms with Gasteiger partial charge in [-0.25, -0.2) is 9.97 Å². The molecule has 2 aromatic heterocycles. The van der Waals surface area contributed by atoms with Crippen molar-refractivity contribution in [1.29, 1.82) is 0 Å². The average Bonchev–Trinajstić information content (AvgIpc) is 3.16. The molecule has 0 radical (unpaired) electrons. The highest BCUT2D eigenvalue weighted by Crippen LogP contribution is 2.38. The first-order chi connectivity index (χ1) is 16.6. The molecule has 4 aromatic rings. The Labute approximate surface area is 205 Å². The Morgan fingerprint density at radius 3 is 2.14 bits per heavy atom. The summed E-state index contributed by atoms with van der Waals surface area (Å²) in [5, 5.41) is 6.83. The Kier molecular flexibility index (Phi) is 6.88. The number of carbonyl (C=O) groups excluding carboxylic acids is 1. The number of thiophene rings is 1. The van der Waals surface area contributed by atoms with Crippen LogP contribution in [-0.2, 0) is 6.18 Å². The van der Waals surface area contributed by atoms with Crippen LogP contribution in [0.2, 0.25) is 0 Å². The van der Waals surface area contributed by atoms with Crippen molar-refractivity contribution in [3.8, 4) is 0 Å². The number of nitrogens with zero attached hydrogens (tertiary/aromatic N) is 2. The molecule has 0 bridgehead atoms. The van der Waals surface area contributed by atoms with Crippen molar-refractivity contribution in [2.45, 2.75) is 33.0 Å². The molecule has 0 aliphatic carbocycles. The minimum Gasteiger partial charge on any atom is -0.343 e. The van der Waals surface area contributed by atoms with Gasteiger partial charge < -0.3 is 10.6 Å². The summed E-state index contributed by atoms with van der Waals surface area (Å²) in [5.74, 6) is 0.0686. The zero-order chi connectivity index (χ0) is 25.2. The van der Waals surface area contributed by atoms with Crippen molar-refractivity contribution in [3.05, 3.63) is 105 Å². The van der Waals surface area contributed by atoms with Gasteiger partial charge in [-0.05, 0) is 62.7 Å². The van der Waals surface area contributed by atoms with Crippen LogP contribution in [0.5, 0.6) is 0 Å². The summed E-state index contributed by atoms with van der Waals surface area (Å²) in [4.78, 5) is 22.7. The molecule has 0 unspecified atom stereocenters. The number of halogens is 3. The van der Waals surface area contributed by atoms with Crippen LogP contribution >= 0.6 is 11.3 Å². The number of alkyl halides is 3. The maximum atomic E-state index is 13.2. The van der Waals surface area contributed by atoms with Crippen molar-refractivity contribution >= 4 is 28.2 Å². The predicted octanol–water partition coefficient (Wildman–Crippen LogP) is 6.94. The quantitative estimate of drug-likeness (QED) is 0.304. The van der Waals surface area contributed by atoms with Gasteiger partial charge in [0.1, 0.15) is 5.00 Å². The molecule has 0 fully saturated rings. The fourth-order valence-corrected chi connectivity index (χ4v) is 4.68. The third-order valence-corrected chi connectivity index (χ3v) is 6.27. The highest BCUT2D eigenvalue weighted by atomic mass is 32.1. The molecule has 2 heterocycles.